The number of phenolic OH excluding ortho intramolecular Hbond substituents is 2. The lowest BCUT2D eigenvalue weighted by atomic mass is 9.92. The van der Waals surface area contributed by atoms with Crippen molar-refractivity contribution in [3.63, 3.8) is 0 Å². The molecule has 188 valence electrons. The highest BCUT2D eigenvalue weighted by Gasteiger charge is 2.33. The van der Waals surface area contributed by atoms with E-state index in [-0.39, 0.29) is 0 Å². The molecule has 6 rings (SSSR count). The maximum Gasteiger partial charge on any atom is 0.120 e. The van der Waals surface area contributed by atoms with E-state index in [0.717, 1.165) is 44.0 Å². The summed E-state index contributed by atoms with van der Waals surface area (Å²) in [4.78, 5) is 4.82. The first-order chi connectivity index (χ1) is 17.2. The number of benzene rings is 2. The van der Waals surface area contributed by atoms with Crippen LogP contribution in [-0.2, 0) is 26.2 Å². The number of anilines is 2. The minimum atomic E-state index is 0.401. The highest BCUT2D eigenvalue weighted by molar-refractivity contribution is 5.72. The molecule has 0 spiro atoms. The Kier molecular flexibility index (Phi) is 6.50. The van der Waals surface area contributed by atoms with E-state index in [0.29, 0.717) is 23.6 Å². The smallest absolute Gasteiger partial charge is 0.120 e. The van der Waals surface area contributed by atoms with Gasteiger partial charge in [0.05, 0.1) is 6.67 Å². The van der Waals surface area contributed by atoms with Gasteiger partial charge in [0, 0.05) is 71.9 Å². The van der Waals surface area contributed by atoms with Gasteiger partial charge in [0.2, 0.25) is 0 Å². The molecule has 0 atom stereocenters. The summed E-state index contributed by atoms with van der Waals surface area (Å²) in [5.41, 5.74) is 7.01. The van der Waals surface area contributed by atoms with E-state index in [1.54, 1.807) is 0 Å². The molecule has 2 saturated carbocycles. The van der Waals surface area contributed by atoms with Gasteiger partial charge in [-0.05, 0) is 49.9 Å². The van der Waals surface area contributed by atoms with Gasteiger partial charge < -0.3 is 30.6 Å². The number of phenols is 2. The number of fused-ring (bicyclic) bond motifs is 6. The van der Waals surface area contributed by atoms with Crippen molar-refractivity contribution in [2.75, 3.05) is 16.5 Å². The Morgan fingerprint density at radius 3 is 1.49 bits per heavy atom. The lowest BCUT2D eigenvalue weighted by Gasteiger charge is -2.46. The van der Waals surface area contributed by atoms with E-state index in [1.165, 1.54) is 86.7 Å². The highest BCUT2D eigenvalue weighted by atomic mass is 16.3. The lowest BCUT2D eigenvalue weighted by Crippen LogP contribution is -2.47. The second-order valence-corrected chi connectivity index (χ2v) is 11.1. The molecule has 2 heterocycles. The lowest BCUT2D eigenvalue weighted by molar-refractivity contribution is 0.367. The molecule has 2 aromatic rings. The van der Waals surface area contributed by atoms with Crippen molar-refractivity contribution in [3.8, 4) is 11.5 Å². The Morgan fingerprint density at radius 1 is 0.629 bits per heavy atom. The maximum absolute atomic E-state index is 10.8. The van der Waals surface area contributed by atoms with E-state index < -0.39 is 0 Å². The summed E-state index contributed by atoms with van der Waals surface area (Å²) in [5.74, 6) is 0.801. The van der Waals surface area contributed by atoms with Crippen LogP contribution in [0.25, 0.3) is 0 Å². The third-order valence-corrected chi connectivity index (χ3v) is 8.83. The monoisotopic (exact) mass is 476 g/mol. The molecule has 6 heteroatoms. The molecule has 2 fully saturated rings. The molecular formula is C29H40N4O2. The number of hydrogen-bond donors (Lipinski definition) is 4. The fourth-order valence-corrected chi connectivity index (χ4v) is 6.79. The van der Waals surface area contributed by atoms with Gasteiger partial charge in [-0.2, -0.15) is 0 Å². The van der Waals surface area contributed by atoms with Gasteiger partial charge in [-0.25, -0.2) is 0 Å². The van der Waals surface area contributed by atoms with Crippen LogP contribution < -0.4 is 20.4 Å². The molecule has 35 heavy (non-hydrogen) atoms. The zero-order chi connectivity index (χ0) is 23.8. The first-order valence-corrected chi connectivity index (χ1v) is 13.8. The number of rotatable bonds is 6. The molecular weight excluding hydrogens is 436 g/mol. The number of aromatic hydroxyl groups is 2. The summed E-state index contributed by atoms with van der Waals surface area (Å²) in [6.45, 7) is 3.87. The van der Waals surface area contributed by atoms with Gasteiger partial charge in [-0.15, -0.1) is 0 Å². The molecule has 0 unspecified atom stereocenters. The van der Waals surface area contributed by atoms with Crippen LogP contribution in [0.1, 0.15) is 86.5 Å². The second kappa shape index (κ2) is 9.90. The van der Waals surface area contributed by atoms with E-state index in [9.17, 15) is 10.2 Å². The summed E-state index contributed by atoms with van der Waals surface area (Å²) in [5, 5.41) is 29.1. The van der Waals surface area contributed by atoms with Gasteiger partial charge in [-0.3, -0.25) is 0 Å². The van der Waals surface area contributed by atoms with Gasteiger partial charge in [0.25, 0.3) is 0 Å². The summed E-state index contributed by atoms with van der Waals surface area (Å²) in [6, 6.07) is 9.03. The van der Waals surface area contributed by atoms with Crippen LogP contribution in [0.15, 0.2) is 24.3 Å². The quantitative estimate of drug-likeness (QED) is 0.457. The van der Waals surface area contributed by atoms with Gasteiger partial charge in [-0.1, -0.05) is 38.5 Å². The van der Waals surface area contributed by atoms with Crippen LogP contribution in [0.2, 0.25) is 0 Å². The van der Waals surface area contributed by atoms with Crippen LogP contribution in [0.3, 0.4) is 0 Å². The van der Waals surface area contributed by atoms with Crippen molar-refractivity contribution in [1.29, 1.82) is 0 Å². The van der Waals surface area contributed by atoms with Crippen molar-refractivity contribution in [2.45, 2.75) is 102 Å². The third kappa shape index (κ3) is 4.58. The zero-order valence-corrected chi connectivity index (χ0v) is 20.9. The largest absolute Gasteiger partial charge is 0.508 e. The van der Waals surface area contributed by atoms with Gasteiger partial charge >= 0.3 is 0 Å². The highest BCUT2D eigenvalue weighted by Crippen LogP contribution is 2.44. The second-order valence-electron chi connectivity index (χ2n) is 11.1. The van der Waals surface area contributed by atoms with Crippen molar-refractivity contribution >= 4 is 11.4 Å². The van der Waals surface area contributed by atoms with Crippen LogP contribution in [0.5, 0.6) is 11.5 Å². The number of nitrogens with zero attached hydrogens (tertiary/aromatic N) is 2. The number of hydrogen-bond acceptors (Lipinski definition) is 6. The Hall–Kier alpha value is -2.44. The van der Waals surface area contributed by atoms with Crippen LogP contribution in [-0.4, -0.2) is 29.0 Å². The van der Waals surface area contributed by atoms with Crippen LogP contribution in [0, 0.1) is 0 Å². The van der Waals surface area contributed by atoms with Crippen LogP contribution >= 0.6 is 0 Å². The van der Waals surface area contributed by atoms with Crippen molar-refractivity contribution in [3.05, 3.63) is 46.5 Å². The van der Waals surface area contributed by atoms with E-state index >= 15 is 0 Å². The molecule has 2 bridgehead atoms. The molecule has 2 aliphatic heterocycles. The molecule has 4 aliphatic rings. The minimum Gasteiger partial charge on any atom is -0.508 e. The normalized spacial score (nSPS) is 20.6. The summed E-state index contributed by atoms with van der Waals surface area (Å²) < 4.78 is 0. The Bertz CT molecular complexity index is 976. The summed E-state index contributed by atoms with van der Waals surface area (Å²) in [7, 11) is 0. The maximum atomic E-state index is 10.8. The Morgan fingerprint density at radius 2 is 1.06 bits per heavy atom. The minimum absolute atomic E-state index is 0.401. The summed E-state index contributed by atoms with van der Waals surface area (Å²) >= 11 is 0. The van der Waals surface area contributed by atoms with E-state index in [4.69, 9.17) is 0 Å². The average Bonchev–Trinajstić information content (AvgIpc) is 2.89. The SMILES string of the molecule is Oc1ccc2c(c1CNC1CCCCC1)CN1CN2Cc2c1ccc(O)c2CNC1CCCCC1. The van der Waals surface area contributed by atoms with Crippen molar-refractivity contribution in [2.24, 2.45) is 0 Å². The van der Waals surface area contributed by atoms with E-state index in [1.807, 2.05) is 12.1 Å². The fourth-order valence-electron chi connectivity index (χ4n) is 6.79. The predicted molar refractivity (Wildman–Crippen MR) is 141 cm³/mol. The molecule has 0 saturated heterocycles. The molecule has 2 aromatic carbocycles. The van der Waals surface area contributed by atoms with Crippen molar-refractivity contribution < 1.29 is 10.2 Å². The number of nitrogens with one attached hydrogen (secondary N) is 2. The van der Waals surface area contributed by atoms with Crippen molar-refractivity contribution in [1.82, 2.24) is 10.6 Å². The van der Waals surface area contributed by atoms with Gasteiger partial charge in [0.15, 0.2) is 0 Å². The molecule has 0 aromatic heterocycles. The molecule has 0 amide bonds. The molecule has 6 nitrogen and oxygen atoms in total. The summed E-state index contributed by atoms with van der Waals surface area (Å²) in [6.07, 6.45) is 12.9. The van der Waals surface area contributed by atoms with E-state index in [2.05, 4.69) is 32.6 Å². The topological polar surface area (TPSA) is 71.0 Å². The predicted octanol–water partition coefficient (Wildman–Crippen LogP) is 5.24. The molecule has 2 aliphatic carbocycles. The zero-order valence-electron chi connectivity index (χ0n) is 20.9. The fraction of sp³-hybridized carbons (Fsp3) is 0.586. The first-order valence-electron chi connectivity index (χ1n) is 13.8. The average molecular weight is 477 g/mol. The standard InChI is InChI=1S/C29H40N4O2/c34-28-13-11-26-24(22(28)15-30-20-7-3-1-4-8-20)17-32-19-33(26)18-25-23(29(35)14-12-27(25)32)16-31-21-9-5-2-6-10-21/h11-14,20-21,30-31,34-35H,1-10,15-19H2. The van der Waals surface area contributed by atoms with Crippen LogP contribution in [0.4, 0.5) is 11.4 Å². The third-order valence-electron chi connectivity index (χ3n) is 8.83. The van der Waals surface area contributed by atoms with Gasteiger partial charge in [0.1, 0.15) is 11.5 Å². The first kappa shape index (κ1) is 23.0. The Labute approximate surface area is 209 Å². The Balaban J connectivity index is 1.25. The molecule has 4 N–H and O–H groups in total. The molecule has 0 radical (unpaired) electrons.